The van der Waals surface area contributed by atoms with E-state index < -0.39 is 0 Å². The highest BCUT2D eigenvalue weighted by molar-refractivity contribution is 6.00. The number of morpholine rings is 1. The number of nitrogens with one attached hydrogen (secondary N) is 1. The van der Waals surface area contributed by atoms with Crippen LogP contribution in [0.5, 0.6) is 0 Å². The lowest BCUT2D eigenvalue weighted by atomic mass is 9.96. The molecule has 2 aliphatic heterocycles. The summed E-state index contributed by atoms with van der Waals surface area (Å²) >= 11 is 0. The number of nitrogens with zero attached hydrogens (tertiary/aromatic N) is 4. The number of likely N-dealkylation sites (tertiary alicyclic amines) is 1. The van der Waals surface area contributed by atoms with Crippen molar-refractivity contribution in [2.24, 2.45) is 5.92 Å². The van der Waals surface area contributed by atoms with Crippen molar-refractivity contribution in [1.29, 1.82) is 0 Å². The SMILES string of the molecule is COCCNC(=O)c1ccc2nn(CC3CCN(C(=O)c4ccc(N5CCOCC5)cc4)CC3)cc2c1C. The number of amides is 2. The minimum Gasteiger partial charge on any atom is -0.383 e. The molecule has 3 aromatic rings. The van der Waals surface area contributed by atoms with Crippen LogP contribution in [0.15, 0.2) is 42.6 Å². The third kappa shape index (κ3) is 5.84. The first-order valence-electron chi connectivity index (χ1n) is 13.5. The number of aromatic nitrogens is 2. The Morgan fingerprint density at radius 2 is 1.79 bits per heavy atom. The first kappa shape index (κ1) is 26.2. The number of methoxy groups -OCH3 is 1. The molecular weight excluding hydrogens is 482 g/mol. The lowest BCUT2D eigenvalue weighted by molar-refractivity contribution is 0.0681. The number of rotatable bonds is 8. The van der Waals surface area contributed by atoms with Gasteiger partial charge in [-0.05, 0) is 67.6 Å². The number of carbonyl (C=O) groups is 2. The van der Waals surface area contributed by atoms with Gasteiger partial charge >= 0.3 is 0 Å². The van der Waals surface area contributed by atoms with E-state index >= 15 is 0 Å². The standard InChI is InChI=1S/C29H37N5O4/c1-21-25(28(35)30-11-16-37-2)7-8-27-26(21)20-34(31-27)19-22-9-12-33(13-10-22)29(36)23-3-5-24(6-4-23)32-14-17-38-18-15-32/h3-8,20,22H,9-19H2,1-2H3,(H,30,35). The molecule has 2 saturated heterocycles. The Balaban J connectivity index is 1.16. The maximum Gasteiger partial charge on any atom is 0.253 e. The normalized spacial score (nSPS) is 16.7. The van der Waals surface area contributed by atoms with Crippen LogP contribution in [0.3, 0.4) is 0 Å². The minimum absolute atomic E-state index is 0.0954. The third-order valence-electron chi connectivity index (χ3n) is 7.68. The lowest BCUT2D eigenvalue weighted by Crippen LogP contribution is -2.39. The monoisotopic (exact) mass is 519 g/mol. The van der Waals surface area contributed by atoms with Crippen molar-refractivity contribution >= 4 is 28.4 Å². The van der Waals surface area contributed by atoms with Gasteiger partial charge < -0.3 is 24.6 Å². The van der Waals surface area contributed by atoms with Crippen molar-refractivity contribution in [2.75, 3.05) is 64.6 Å². The number of aryl methyl sites for hydroxylation is 1. The van der Waals surface area contributed by atoms with E-state index in [1.54, 1.807) is 7.11 Å². The van der Waals surface area contributed by atoms with Gasteiger partial charge in [0.15, 0.2) is 0 Å². The van der Waals surface area contributed by atoms with Crippen molar-refractivity contribution in [2.45, 2.75) is 26.3 Å². The zero-order chi connectivity index (χ0) is 26.5. The number of piperidine rings is 1. The van der Waals surface area contributed by atoms with E-state index in [0.29, 0.717) is 24.6 Å². The number of fused-ring (bicyclic) bond motifs is 1. The quantitative estimate of drug-likeness (QED) is 0.460. The van der Waals surface area contributed by atoms with Crippen LogP contribution in [0.4, 0.5) is 5.69 Å². The van der Waals surface area contributed by atoms with Crippen molar-refractivity contribution in [3.05, 3.63) is 59.3 Å². The lowest BCUT2D eigenvalue weighted by Gasteiger charge is -2.32. The molecule has 38 heavy (non-hydrogen) atoms. The Hall–Kier alpha value is -3.43. The predicted octanol–water partition coefficient (Wildman–Crippen LogP) is 3.11. The van der Waals surface area contributed by atoms with E-state index in [1.807, 2.05) is 59.1 Å². The molecule has 9 nitrogen and oxygen atoms in total. The molecule has 0 aliphatic carbocycles. The Morgan fingerprint density at radius 1 is 1.05 bits per heavy atom. The summed E-state index contributed by atoms with van der Waals surface area (Å²) in [6.07, 6.45) is 3.93. The van der Waals surface area contributed by atoms with Gasteiger partial charge in [-0.2, -0.15) is 5.10 Å². The highest BCUT2D eigenvalue weighted by atomic mass is 16.5. The molecule has 2 aromatic carbocycles. The Morgan fingerprint density at radius 3 is 2.50 bits per heavy atom. The Kier molecular flexibility index (Phi) is 8.24. The zero-order valence-corrected chi connectivity index (χ0v) is 22.3. The highest BCUT2D eigenvalue weighted by Gasteiger charge is 2.25. The second-order valence-corrected chi connectivity index (χ2v) is 10.2. The molecule has 9 heteroatoms. The molecule has 2 aliphatic rings. The van der Waals surface area contributed by atoms with E-state index in [-0.39, 0.29) is 11.8 Å². The maximum absolute atomic E-state index is 13.1. The fraction of sp³-hybridized carbons (Fsp3) is 0.483. The summed E-state index contributed by atoms with van der Waals surface area (Å²) in [6, 6.07) is 11.7. The fourth-order valence-electron chi connectivity index (χ4n) is 5.38. The number of hydrogen-bond acceptors (Lipinski definition) is 6. The molecule has 1 N–H and O–H groups in total. The van der Waals surface area contributed by atoms with Crippen molar-refractivity contribution < 1.29 is 19.1 Å². The van der Waals surface area contributed by atoms with Gasteiger partial charge in [-0.25, -0.2) is 0 Å². The van der Waals surface area contributed by atoms with E-state index in [0.717, 1.165) is 86.5 Å². The number of carbonyl (C=O) groups excluding carboxylic acids is 2. The molecule has 0 bridgehead atoms. The largest absolute Gasteiger partial charge is 0.383 e. The Labute approximate surface area is 223 Å². The highest BCUT2D eigenvalue weighted by Crippen LogP contribution is 2.25. The molecule has 202 valence electrons. The number of ether oxygens (including phenoxy) is 2. The maximum atomic E-state index is 13.1. The molecule has 2 amide bonds. The number of anilines is 1. The second-order valence-electron chi connectivity index (χ2n) is 10.2. The van der Waals surface area contributed by atoms with Crippen LogP contribution in [-0.4, -0.2) is 86.1 Å². The second kappa shape index (κ2) is 12.0. The molecule has 3 heterocycles. The Bertz CT molecular complexity index is 1260. The zero-order valence-electron chi connectivity index (χ0n) is 22.3. The summed E-state index contributed by atoms with van der Waals surface area (Å²) in [5.74, 6) is 0.463. The first-order valence-corrected chi connectivity index (χ1v) is 13.5. The van der Waals surface area contributed by atoms with Crippen LogP contribution in [-0.2, 0) is 16.0 Å². The van der Waals surface area contributed by atoms with E-state index in [4.69, 9.17) is 14.6 Å². The molecule has 0 saturated carbocycles. The van der Waals surface area contributed by atoms with Gasteiger partial charge in [0.1, 0.15) is 0 Å². The minimum atomic E-state index is -0.0954. The van der Waals surface area contributed by atoms with Gasteiger partial charge in [0.25, 0.3) is 11.8 Å². The number of benzene rings is 2. The molecule has 0 spiro atoms. The van der Waals surface area contributed by atoms with Crippen LogP contribution in [0.25, 0.3) is 10.9 Å². The molecule has 0 atom stereocenters. The topological polar surface area (TPSA) is 88.9 Å². The van der Waals surface area contributed by atoms with Crippen molar-refractivity contribution in [3.63, 3.8) is 0 Å². The van der Waals surface area contributed by atoms with Crippen molar-refractivity contribution in [3.8, 4) is 0 Å². The summed E-state index contributed by atoms with van der Waals surface area (Å²) in [5, 5.41) is 8.65. The average molecular weight is 520 g/mol. The van der Waals surface area contributed by atoms with Crippen LogP contribution in [0.2, 0.25) is 0 Å². The van der Waals surface area contributed by atoms with Crippen LogP contribution in [0, 0.1) is 12.8 Å². The molecule has 1 aromatic heterocycles. The van der Waals surface area contributed by atoms with Gasteiger partial charge in [-0.15, -0.1) is 0 Å². The van der Waals surface area contributed by atoms with Gasteiger partial charge in [-0.3, -0.25) is 14.3 Å². The van der Waals surface area contributed by atoms with Gasteiger partial charge in [0.2, 0.25) is 0 Å². The van der Waals surface area contributed by atoms with Gasteiger partial charge in [0.05, 0.1) is 25.3 Å². The number of hydrogen-bond donors (Lipinski definition) is 1. The third-order valence-corrected chi connectivity index (χ3v) is 7.68. The van der Waals surface area contributed by atoms with E-state index in [9.17, 15) is 9.59 Å². The molecule has 5 rings (SSSR count). The van der Waals surface area contributed by atoms with E-state index in [2.05, 4.69) is 10.2 Å². The molecule has 0 unspecified atom stereocenters. The molecular formula is C29H37N5O4. The smallest absolute Gasteiger partial charge is 0.253 e. The fourth-order valence-corrected chi connectivity index (χ4v) is 5.38. The van der Waals surface area contributed by atoms with Gasteiger partial charge in [0, 0.05) is 74.8 Å². The molecule has 0 radical (unpaired) electrons. The summed E-state index contributed by atoms with van der Waals surface area (Å²) < 4.78 is 12.4. The van der Waals surface area contributed by atoms with Crippen LogP contribution in [0.1, 0.15) is 39.1 Å². The van der Waals surface area contributed by atoms with Crippen LogP contribution < -0.4 is 10.2 Å². The summed E-state index contributed by atoms with van der Waals surface area (Å²) in [5.41, 5.74) is 4.38. The average Bonchev–Trinajstić information content (AvgIpc) is 3.37. The summed E-state index contributed by atoms with van der Waals surface area (Å²) in [6.45, 7) is 8.50. The molecule has 2 fully saturated rings. The first-order chi connectivity index (χ1) is 18.5. The van der Waals surface area contributed by atoms with Crippen molar-refractivity contribution in [1.82, 2.24) is 20.0 Å². The predicted molar refractivity (Wildman–Crippen MR) is 147 cm³/mol. The van der Waals surface area contributed by atoms with E-state index in [1.165, 1.54) is 0 Å². The van der Waals surface area contributed by atoms with Gasteiger partial charge in [-0.1, -0.05) is 0 Å². The summed E-state index contributed by atoms with van der Waals surface area (Å²) in [4.78, 5) is 29.9. The summed E-state index contributed by atoms with van der Waals surface area (Å²) in [7, 11) is 1.62. The van der Waals surface area contributed by atoms with Crippen LogP contribution >= 0.6 is 0 Å².